The monoisotopic (exact) mass is 611 g/mol. The van der Waals surface area contributed by atoms with Crippen LogP contribution in [0.5, 0.6) is 11.5 Å². The van der Waals surface area contributed by atoms with Crippen LogP contribution in [0.1, 0.15) is 35.2 Å². The Morgan fingerprint density at radius 2 is 1.45 bits per heavy atom. The van der Waals surface area contributed by atoms with E-state index in [1.807, 2.05) is 0 Å². The van der Waals surface area contributed by atoms with Crippen molar-refractivity contribution in [2.45, 2.75) is 37.9 Å². The smallest absolute Gasteiger partial charge is 0.337 e. The molecule has 0 aromatic heterocycles. The third kappa shape index (κ3) is 9.18. The van der Waals surface area contributed by atoms with Crippen LogP contribution in [-0.2, 0) is 11.2 Å². The molecule has 214 valence electrons. The number of hydrogen-bond acceptors (Lipinski definition) is 7. The molecule has 40 heavy (non-hydrogen) atoms. The molecule has 0 aliphatic carbocycles. The fourth-order valence-electron chi connectivity index (χ4n) is 3.73. The average Bonchev–Trinajstić information content (AvgIpc) is 2.90. The van der Waals surface area contributed by atoms with Gasteiger partial charge in [-0.05, 0) is 48.4 Å². The van der Waals surface area contributed by atoms with Crippen LogP contribution in [0.15, 0.2) is 54.6 Å². The van der Waals surface area contributed by atoms with Crippen LogP contribution in [0.25, 0.3) is 0 Å². The van der Waals surface area contributed by atoms with Gasteiger partial charge in [-0.25, -0.2) is 4.79 Å². The van der Waals surface area contributed by atoms with E-state index >= 15 is 0 Å². The number of carboxylic acids is 2. The quantitative estimate of drug-likeness (QED) is 0.138. The van der Waals surface area contributed by atoms with Crippen molar-refractivity contribution in [1.82, 2.24) is 0 Å². The number of para-hydroxylation sites is 1. The molecule has 0 fully saturated rings. The van der Waals surface area contributed by atoms with Gasteiger partial charge in [0.25, 0.3) is 0 Å². The minimum Gasteiger partial charge on any atom is -0.492 e. The molecule has 0 heterocycles. The van der Waals surface area contributed by atoms with E-state index < -0.39 is 24.1 Å². The van der Waals surface area contributed by atoms with Gasteiger partial charge in [-0.1, -0.05) is 53.0 Å². The summed E-state index contributed by atoms with van der Waals surface area (Å²) in [6.07, 6.45) is -1.65. The molecular weight excluding hydrogens is 585 g/mol. The zero-order valence-corrected chi connectivity index (χ0v) is 23.4. The third-order valence-electron chi connectivity index (χ3n) is 5.83. The summed E-state index contributed by atoms with van der Waals surface area (Å²) in [5.74, 6) is -1.40. The van der Waals surface area contributed by atoms with E-state index in [0.29, 0.717) is 28.6 Å². The van der Waals surface area contributed by atoms with Crippen LogP contribution in [0, 0.1) is 0 Å². The van der Waals surface area contributed by atoms with Crippen molar-refractivity contribution in [3.8, 4) is 11.5 Å². The second-order valence-electron chi connectivity index (χ2n) is 8.81. The standard InChI is InChI=1S/C28H28Cl3NO8/c29-19-13-16(6-8-26(35)36)5-7-25(19)39-11-9-23(33)24(34)10-12-40-27-20(30)14-17(15-21(27)31)32-22-4-2-1-3-18(22)28(37)38/h1-5,7,13-15,23-24,32-34H,6,8-12H2,(H,35,36)(H,37,38). The summed E-state index contributed by atoms with van der Waals surface area (Å²) in [6, 6.07) is 14.5. The maximum absolute atomic E-state index is 11.4. The number of anilines is 2. The summed E-state index contributed by atoms with van der Waals surface area (Å²) in [5, 5.41) is 42.4. The second-order valence-corrected chi connectivity index (χ2v) is 10.0. The summed E-state index contributed by atoms with van der Waals surface area (Å²) in [5.41, 5.74) is 1.68. The molecule has 3 aromatic rings. The number of benzene rings is 3. The number of aryl methyl sites for hydroxylation is 1. The van der Waals surface area contributed by atoms with Gasteiger partial charge in [0, 0.05) is 24.9 Å². The molecule has 0 aliphatic heterocycles. The summed E-state index contributed by atoms with van der Waals surface area (Å²) < 4.78 is 11.2. The maximum Gasteiger partial charge on any atom is 0.337 e. The highest BCUT2D eigenvalue weighted by Gasteiger charge is 2.18. The van der Waals surface area contributed by atoms with Gasteiger partial charge < -0.3 is 35.2 Å². The number of aliphatic hydroxyl groups excluding tert-OH is 2. The van der Waals surface area contributed by atoms with Gasteiger partial charge in [0.2, 0.25) is 0 Å². The van der Waals surface area contributed by atoms with Crippen LogP contribution >= 0.6 is 34.8 Å². The molecule has 2 atom stereocenters. The zero-order chi connectivity index (χ0) is 29.2. The van der Waals surface area contributed by atoms with Crippen LogP contribution in [0.4, 0.5) is 11.4 Å². The Hall–Kier alpha value is -3.21. The number of halogens is 3. The maximum atomic E-state index is 11.4. The molecule has 5 N–H and O–H groups in total. The van der Waals surface area contributed by atoms with Gasteiger partial charge >= 0.3 is 11.9 Å². The minimum absolute atomic E-state index is 0.00508. The van der Waals surface area contributed by atoms with E-state index in [-0.39, 0.29) is 53.8 Å². The molecule has 3 aromatic carbocycles. The predicted molar refractivity (Wildman–Crippen MR) is 153 cm³/mol. The molecule has 0 radical (unpaired) electrons. The zero-order valence-electron chi connectivity index (χ0n) is 21.1. The highest BCUT2D eigenvalue weighted by Crippen LogP contribution is 2.37. The van der Waals surface area contributed by atoms with Crippen LogP contribution in [0.3, 0.4) is 0 Å². The Balaban J connectivity index is 1.46. The van der Waals surface area contributed by atoms with E-state index in [2.05, 4.69) is 5.32 Å². The normalized spacial score (nSPS) is 12.4. The molecule has 0 spiro atoms. The topological polar surface area (TPSA) is 146 Å². The van der Waals surface area contributed by atoms with E-state index in [1.165, 1.54) is 18.2 Å². The second kappa shape index (κ2) is 15.0. The van der Waals surface area contributed by atoms with E-state index in [9.17, 15) is 24.9 Å². The number of ether oxygens (including phenoxy) is 2. The molecule has 3 rings (SSSR count). The number of aliphatic hydroxyl groups is 2. The summed E-state index contributed by atoms with van der Waals surface area (Å²) >= 11 is 18.9. The van der Waals surface area contributed by atoms with Crippen molar-refractivity contribution in [3.05, 3.63) is 80.8 Å². The Labute approximate surface area is 245 Å². The summed E-state index contributed by atoms with van der Waals surface area (Å²) in [7, 11) is 0. The van der Waals surface area contributed by atoms with Crippen molar-refractivity contribution in [1.29, 1.82) is 0 Å². The molecule has 0 saturated carbocycles. The third-order valence-corrected chi connectivity index (χ3v) is 6.69. The van der Waals surface area contributed by atoms with Gasteiger partial charge in [-0.2, -0.15) is 0 Å². The molecule has 2 unspecified atom stereocenters. The number of aliphatic carboxylic acids is 1. The van der Waals surface area contributed by atoms with E-state index in [1.54, 1.807) is 36.4 Å². The number of aromatic carboxylic acids is 1. The van der Waals surface area contributed by atoms with Crippen molar-refractivity contribution < 1.29 is 39.5 Å². The first-order chi connectivity index (χ1) is 19.0. The van der Waals surface area contributed by atoms with Crippen molar-refractivity contribution >= 4 is 58.1 Å². The molecular formula is C28H28Cl3NO8. The first-order valence-electron chi connectivity index (χ1n) is 12.3. The van der Waals surface area contributed by atoms with Gasteiger partial charge in [-0.15, -0.1) is 0 Å². The van der Waals surface area contributed by atoms with Gasteiger partial charge in [0.1, 0.15) is 5.75 Å². The molecule has 9 nitrogen and oxygen atoms in total. The van der Waals surface area contributed by atoms with Crippen LogP contribution in [-0.4, -0.2) is 57.8 Å². The lowest BCUT2D eigenvalue weighted by Crippen LogP contribution is -2.29. The van der Waals surface area contributed by atoms with Crippen molar-refractivity contribution in [3.63, 3.8) is 0 Å². The first-order valence-corrected chi connectivity index (χ1v) is 13.4. The largest absolute Gasteiger partial charge is 0.492 e. The molecule has 0 saturated heterocycles. The number of nitrogens with one attached hydrogen (secondary N) is 1. The van der Waals surface area contributed by atoms with Gasteiger partial charge in [-0.3, -0.25) is 4.79 Å². The Morgan fingerprint density at radius 3 is 2.05 bits per heavy atom. The number of carboxylic acid groups (broad SMARTS) is 2. The number of hydrogen-bond donors (Lipinski definition) is 5. The highest BCUT2D eigenvalue weighted by molar-refractivity contribution is 6.37. The average molecular weight is 613 g/mol. The molecule has 0 amide bonds. The van der Waals surface area contributed by atoms with Crippen LogP contribution < -0.4 is 14.8 Å². The summed E-state index contributed by atoms with van der Waals surface area (Å²) in [6.45, 7) is 0.0984. The van der Waals surface area contributed by atoms with E-state index in [4.69, 9.17) is 49.4 Å². The SMILES string of the molecule is O=C(O)CCc1ccc(OCCC(O)C(O)CCOc2c(Cl)cc(Nc3ccccc3C(=O)O)cc2Cl)c(Cl)c1. The Bertz CT molecular complexity index is 1310. The van der Waals surface area contributed by atoms with Gasteiger partial charge in [0.15, 0.2) is 5.75 Å². The number of carbonyl (C=O) groups is 2. The fraction of sp³-hybridized carbons (Fsp3) is 0.286. The first kappa shape index (κ1) is 31.3. The van der Waals surface area contributed by atoms with E-state index in [0.717, 1.165) is 5.56 Å². The minimum atomic E-state index is -1.11. The van der Waals surface area contributed by atoms with Crippen LogP contribution in [0.2, 0.25) is 15.1 Å². The predicted octanol–water partition coefficient (Wildman–Crippen LogP) is 6.07. The lowest BCUT2D eigenvalue weighted by Gasteiger charge is -2.19. The Kier molecular flexibility index (Phi) is 11.7. The molecule has 12 heteroatoms. The summed E-state index contributed by atoms with van der Waals surface area (Å²) in [4.78, 5) is 22.1. The number of rotatable bonds is 15. The lowest BCUT2D eigenvalue weighted by molar-refractivity contribution is -0.136. The highest BCUT2D eigenvalue weighted by atomic mass is 35.5. The van der Waals surface area contributed by atoms with Gasteiger partial charge in [0.05, 0.1) is 51.7 Å². The van der Waals surface area contributed by atoms with Crippen molar-refractivity contribution in [2.24, 2.45) is 0 Å². The molecule has 0 bridgehead atoms. The fourth-order valence-corrected chi connectivity index (χ4v) is 4.58. The van der Waals surface area contributed by atoms with Crippen molar-refractivity contribution in [2.75, 3.05) is 18.5 Å². The molecule has 0 aliphatic rings. The lowest BCUT2D eigenvalue weighted by atomic mass is 10.1. The Morgan fingerprint density at radius 1 is 0.825 bits per heavy atom.